The fourth-order valence-electron chi connectivity index (χ4n) is 0.956. The zero-order chi connectivity index (χ0) is 8.27. The van der Waals surface area contributed by atoms with Crippen LogP contribution in [0.1, 0.15) is 12.8 Å². The molecular formula is C6H8FNa2O3P. The van der Waals surface area contributed by atoms with Crippen LogP contribution in [0.15, 0.2) is 11.9 Å². The summed E-state index contributed by atoms with van der Waals surface area (Å²) in [6.07, 6.45) is 1.59. The van der Waals surface area contributed by atoms with Gasteiger partial charge in [-0.3, -0.25) is 8.38 Å². The Morgan fingerprint density at radius 1 is 1.54 bits per heavy atom. The molecule has 64 valence electrons. The molecule has 1 rings (SSSR count). The second-order valence-electron chi connectivity index (χ2n) is 2.28. The van der Waals surface area contributed by atoms with Gasteiger partial charge in [0.15, 0.2) is 0 Å². The summed E-state index contributed by atoms with van der Waals surface area (Å²) in [6, 6.07) is 0. The second kappa shape index (κ2) is 9.22. The molecule has 0 aromatic heterocycles. The maximum Gasteiger partial charge on any atom is 1.00 e. The van der Waals surface area contributed by atoms with Crippen molar-refractivity contribution in [1.82, 2.24) is 0 Å². The predicted molar refractivity (Wildman–Crippen MR) is 35.1 cm³/mol. The topological polar surface area (TPSA) is 55.3 Å². The molecule has 0 heterocycles. The van der Waals surface area contributed by atoms with Crippen LogP contribution in [-0.4, -0.2) is 12.5 Å². The summed E-state index contributed by atoms with van der Waals surface area (Å²) in [6.45, 7) is 0. The molecule has 1 atom stereocenters. The van der Waals surface area contributed by atoms with E-state index in [0.717, 1.165) is 0 Å². The van der Waals surface area contributed by atoms with Crippen molar-refractivity contribution in [2.75, 3.05) is 6.35 Å². The molecule has 0 spiro atoms. The quantitative estimate of drug-likeness (QED) is 0.354. The molecule has 0 bridgehead atoms. The van der Waals surface area contributed by atoms with E-state index in [-0.39, 0.29) is 71.3 Å². The molecule has 1 aliphatic carbocycles. The van der Waals surface area contributed by atoms with Crippen LogP contribution >= 0.6 is 8.38 Å². The molecule has 0 unspecified atom stereocenters. The molecular weight excluding hydrogens is 216 g/mol. The van der Waals surface area contributed by atoms with Gasteiger partial charge in [0.05, 0.1) is 0 Å². The number of halogens is 1. The first kappa shape index (κ1) is 17.4. The van der Waals surface area contributed by atoms with Crippen LogP contribution in [0.2, 0.25) is 0 Å². The molecule has 0 N–H and O–H groups in total. The standard InChI is InChI=1S/C6H8FO3P.2Na/c7-5-2-1-3-6(5)10-4-11(8)9;;/h2,6H,1,3-4H2;;/q-2;2*+1/t6-;;/m1../s1. The molecule has 0 saturated carbocycles. The third-order valence-electron chi connectivity index (χ3n) is 1.46. The van der Waals surface area contributed by atoms with Crippen molar-refractivity contribution in [3.8, 4) is 0 Å². The van der Waals surface area contributed by atoms with Crippen LogP contribution in [0.3, 0.4) is 0 Å². The number of hydrogen-bond acceptors (Lipinski definition) is 3. The van der Waals surface area contributed by atoms with Crippen LogP contribution in [0, 0.1) is 0 Å². The second-order valence-corrected chi connectivity index (χ2v) is 3.21. The molecule has 0 aliphatic heterocycles. The number of allylic oxidation sites excluding steroid dienone is 1. The third-order valence-corrected chi connectivity index (χ3v) is 1.82. The molecule has 3 nitrogen and oxygen atoms in total. The van der Waals surface area contributed by atoms with Gasteiger partial charge in [0.2, 0.25) is 0 Å². The Bertz CT molecular complexity index is 168. The van der Waals surface area contributed by atoms with Gasteiger partial charge < -0.3 is 14.5 Å². The van der Waals surface area contributed by atoms with Crippen LogP contribution < -0.4 is 68.9 Å². The van der Waals surface area contributed by atoms with E-state index in [1.807, 2.05) is 0 Å². The Balaban J connectivity index is 0. The van der Waals surface area contributed by atoms with Crippen LogP contribution in [0.25, 0.3) is 0 Å². The van der Waals surface area contributed by atoms with E-state index >= 15 is 0 Å². The maximum absolute atomic E-state index is 12.6. The Morgan fingerprint density at radius 2 is 2.15 bits per heavy atom. The predicted octanol–water partition coefficient (Wildman–Crippen LogP) is -5.98. The zero-order valence-electron chi connectivity index (χ0n) is 7.83. The fraction of sp³-hybridized carbons (Fsp3) is 0.667. The van der Waals surface area contributed by atoms with E-state index in [1.54, 1.807) is 0 Å². The van der Waals surface area contributed by atoms with E-state index in [0.29, 0.717) is 12.8 Å². The number of rotatable bonds is 3. The molecule has 0 amide bonds. The minimum absolute atomic E-state index is 0. The smallest absolute Gasteiger partial charge is 0.840 e. The molecule has 0 fully saturated rings. The minimum atomic E-state index is -2.55. The summed E-state index contributed by atoms with van der Waals surface area (Å²) in [4.78, 5) is 20.1. The third kappa shape index (κ3) is 6.96. The van der Waals surface area contributed by atoms with E-state index < -0.39 is 14.5 Å². The van der Waals surface area contributed by atoms with Gasteiger partial charge in [-0.25, -0.2) is 4.39 Å². The van der Waals surface area contributed by atoms with Crippen LogP contribution in [-0.2, 0) is 4.74 Å². The molecule has 0 radical (unpaired) electrons. The summed E-state index contributed by atoms with van der Waals surface area (Å²) in [5.74, 6) is -0.346. The summed E-state index contributed by atoms with van der Waals surface area (Å²) in [5, 5.41) is 0. The molecule has 13 heavy (non-hydrogen) atoms. The minimum Gasteiger partial charge on any atom is -0.840 e. The average Bonchev–Trinajstić information content (AvgIpc) is 2.31. The van der Waals surface area contributed by atoms with Gasteiger partial charge in [-0.15, -0.1) is 0 Å². The largest absolute Gasteiger partial charge is 1.00 e. The van der Waals surface area contributed by atoms with E-state index in [4.69, 9.17) is 4.74 Å². The number of ether oxygens (including phenoxy) is 1. The zero-order valence-corrected chi connectivity index (χ0v) is 12.7. The molecule has 0 aromatic carbocycles. The first-order valence-corrected chi connectivity index (χ1v) is 4.65. The van der Waals surface area contributed by atoms with Gasteiger partial charge >= 0.3 is 59.1 Å². The average molecular weight is 224 g/mol. The Labute approximate surface area is 122 Å². The molecule has 7 heteroatoms. The van der Waals surface area contributed by atoms with E-state index in [9.17, 15) is 14.2 Å². The first-order chi connectivity index (χ1) is 5.20. The maximum atomic E-state index is 12.6. The van der Waals surface area contributed by atoms with Gasteiger partial charge in [0.1, 0.15) is 11.9 Å². The van der Waals surface area contributed by atoms with Crippen molar-refractivity contribution in [2.24, 2.45) is 0 Å². The van der Waals surface area contributed by atoms with Crippen molar-refractivity contribution in [1.29, 1.82) is 0 Å². The van der Waals surface area contributed by atoms with Gasteiger partial charge in [0, 0.05) is 6.35 Å². The Morgan fingerprint density at radius 3 is 2.54 bits per heavy atom. The van der Waals surface area contributed by atoms with Gasteiger partial charge in [0.25, 0.3) is 0 Å². The summed E-state index contributed by atoms with van der Waals surface area (Å²) >= 11 is 0. The van der Waals surface area contributed by atoms with Crippen LogP contribution in [0.5, 0.6) is 0 Å². The Kier molecular flexibility index (Phi) is 12.3. The van der Waals surface area contributed by atoms with Crippen molar-refractivity contribution in [3.63, 3.8) is 0 Å². The van der Waals surface area contributed by atoms with Crippen molar-refractivity contribution in [3.05, 3.63) is 11.9 Å². The molecule has 0 saturated heterocycles. The van der Waals surface area contributed by atoms with Gasteiger partial charge in [-0.2, -0.15) is 0 Å². The molecule has 1 aliphatic rings. The first-order valence-electron chi connectivity index (χ1n) is 3.29. The van der Waals surface area contributed by atoms with Crippen molar-refractivity contribution < 1.29 is 78.0 Å². The Hall–Kier alpha value is 1.98. The normalized spacial score (nSPS) is 20.6. The molecule has 0 aromatic rings. The van der Waals surface area contributed by atoms with Gasteiger partial charge in [-0.1, -0.05) is 6.08 Å². The SMILES string of the molecule is [Na+].[Na+].[O-]P([O-])CO[C@@H]1CCC=C1F. The van der Waals surface area contributed by atoms with Gasteiger partial charge in [-0.05, 0) is 12.8 Å². The summed E-state index contributed by atoms with van der Waals surface area (Å²) in [7, 11) is -2.55. The van der Waals surface area contributed by atoms with Crippen LogP contribution in [0.4, 0.5) is 4.39 Å². The van der Waals surface area contributed by atoms with E-state index in [2.05, 4.69) is 0 Å². The van der Waals surface area contributed by atoms with Crippen molar-refractivity contribution in [2.45, 2.75) is 18.9 Å². The summed E-state index contributed by atoms with van der Waals surface area (Å²) in [5.41, 5.74) is 0. The number of hydrogen-bond donors (Lipinski definition) is 0. The summed E-state index contributed by atoms with van der Waals surface area (Å²) < 4.78 is 17.3. The van der Waals surface area contributed by atoms with E-state index in [1.165, 1.54) is 6.08 Å². The van der Waals surface area contributed by atoms with Crippen molar-refractivity contribution >= 4 is 8.38 Å². The monoisotopic (exact) mass is 224 g/mol. The fourth-order valence-corrected chi connectivity index (χ4v) is 1.26.